The maximum atomic E-state index is 13.0. The van der Waals surface area contributed by atoms with Gasteiger partial charge >= 0.3 is 5.97 Å². The van der Waals surface area contributed by atoms with Gasteiger partial charge in [0.15, 0.2) is 0 Å². The molecule has 120 valence electrons. The molecule has 2 aliphatic rings. The minimum absolute atomic E-state index is 0.172. The third kappa shape index (κ3) is 3.76. The lowest BCUT2D eigenvalue weighted by atomic mass is 9.80. The SMILES string of the molecule is CCOCCC1(C(=O)N2CCC[C@@H](C(=O)O)C2)CCCC1. The van der Waals surface area contributed by atoms with Gasteiger partial charge in [0, 0.05) is 26.3 Å². The molecule has 2 fully saturated rings. The Morgan fingerprint density at radius 1 is 1.29 bits per heavy atom. The van der Waals surface area contributed by atoms with Crippen molar-refractivity contribution in [3.05, 3.63) is 0 Å². The number of carboxylic acids is 1. The molecule has 0 spiro atoms. The van der Waals surface area contributed by atoms with Gasteiger partial charge < -0.3 is 14.7 Å². The molecule has 5 heteroatoms. The summed E-state index contributed by atoms with van der Waals surface area (Å²) in [6.45, 7) is 4.35. The molecule has 5 nitrogen and oxygen atoms in total. The van der Waals surface area contributed by atoms with Crippen molar-refractivity contribution >= 4 is 11.9 Å². The highest BCUT2D eigenvalue weighted by atomic mass is 16.5. The summed E-state index contributed by atoms with van der Waals surface area (Å²) in [6, 6.07) is 0. The van der Waals surface area contributed by atoms with Crippen LogP contribution in [-0.4, -0.2) is 48.2 Å². The predicted octanol–water partition coefficient (Wildman–Crippen LogP) is 2.30. The van der Waals surface area contributed by atoms with Crippen molar-refractivity contribution in [3.8, 4) is 0 Å². The Balaban J connectivity index is 2.02. The number of nitrogens with zero attached hydrogens (tertiary/aromatic N) is 1. The van der Waals surface area contributed by atoms with Crippen LogP contribution in [-0.2, 0) is 14.3 Å². The summed E-state index contributed by atoms with van der Waals surface area (Å²) in [4.78, 5) is 25.9. The third-order valence-corrected chi connectivity index (χ3v) is 5.00. The average Bonchev–Trinajstić information content (AvgIpc) is 2.97. The van der Waals surface area contributed by atoms with E-state index in [9.17, 15) is 14.7 Å². The zero-order valence-corrected chi connectivity index (χ0v) is 13.0. The maximum Gasteiger partial charge on any atom is 0.308 e. The number of piperidine rings is 1. The molecule has 1 saturated heterocycles. The molecule has 0 aromatic rings. The number of likely N-dealkylation sites (tertiary alicyclic amines) is 1. The monoisotopic (exact) mass is 297 g/mol. The number of aliphatic carboxylic acids is 1. The fourth-order valence-electron chi connectivity index (χ4n) is 3.73. The normalized spacial score (nSPS) is 25.0. The first kappa shape index (κ1) is 16.3. The minimum Gasteiger partial charge on any atom is -0.481 e. The van der Waals surface area contributed by atoms with Gasteiger partial charge in [0.2, 0.25) is 5.91 Å². The van der Waals surface area contributed by atoms with Gasteiger partial charge in [0.1, 0.15) is 0 Å². The molecule has 2 rings (SSSR count). The molecule has 1 amide bonds. The Morgan fingerprint density at radius 2 is 2.00 bits per heavy atom. The predicted molar refractivity (Wildman–Crippen MR) is 79.0 cm³/mol. The fraction of sp³-hybridized carbons (Fsp3) is 0.875. The first-order chi connectivity index (χ1) is 10.1. The van der Waals surface area contributed by atoms with Crippen LogP contribution < -0.4 is 0 Å². The number of hydrogen-bond donors (Lipinski definition) is 1. The molecule has 1 heterocycles. The van der Waals surface area contributed by atoms with Crippen molar-refractivity contribution < 1.29 is 19.4 Å². The summed E-state index contributed by atoms with van der Waals surface area (Å²) >= 11 is 0. The van der Waals surface area contributed by atoms with E-state index in [1.165, 1.54) is 0 Å². The zero-order valence-electron chi connectivity index (χ0n) is 13.0. The number of rotatable bonds is 6. The van der Waals surface area contributed by atoms with Crippen molar-refractivity contribution in [2.75, 3.05) is 26.3 Å². The zero-order chi connectivity index (χ0) is 15.3. The second-order valence-corrected chi connectivity index (χ2v) is 6.36. The topological polar surface area (TPSA) is 66.8 Å². The van der Waals surface area contributed by atoms with Crippen LogP contribution in [0, 0.1) is 11.3 Å². The van der Waals surface area contributed by atoms with Crippen LogP contribution >= 0.6 is 0 Å². The quantitative estimate of drug-likeness (QED) is 0.764. The van der Waals surface area contributed by atoms with Crippen molar-refractivity contribution in [2.24, 2.45) is 11.3 Å². The molecule has 1 saturated carbocycles. The van der Waals surface area contributed by atoms with Crippen molar-refractivity contribution in [2.45, 2.75) is 51.9 Å². The third-order valence-electron chi connectivity index (χ3n) is 5.00. The van der Waals surface area contributed by atoms with Gasteiger partial charge in [-0.3, -0.25) is 9.59 Å². The summed E-state index contributed by atoms with van der Waals surface area (Å²) in [6.07, 6.45) is 6.28. The number of amides is 1. The number of ether oxygens (including phenoxy) is 1. The first-order valence-electron chi connectivity index (χ1n) is 8.19. The van der Waals surface area contributed by atoms with Gasteiger partial charge in [-0.25, -0.2) is 0 Å². The van der Waals surface area contributed by atoms with Crippen LogP contribution in [0.15, 0.2) is 0 Å². The number of hydrogen-bond acceptors (Lipinski definition) is 3. The van der Waals surface area contributed by atoms with Crippen LogP contribution in [0.5, 0.6) is 0 Å². The van der Waals surface area contributed by atoms with Crippen LogP contribution in [0.25, 0.3) is 0 Å². The Morgan fingerprint density at radius 3 is 2.62 bits per heavy atom. The molecule has 0 aromatic carbocycles. The molecule has 1 N–H and O–H groups in total. The van der Waals surface area contributed by atoms with Gasteiger partial charge in [-0.1, -0.05) is 12.8 Å². The highest BCUT2D eigenvalue weighted by molar-refractivity contribution is 5.84. The second kappa shape index (κ2) is 7.25. The molecule has 1 atom stereocenters. The summed E-state index contributed by atoms with van der Waals surface area (Å²) in [5.74, 6) is -0.999. The lowest BCUT2D eigenvalue weighted by molar-refractivity contribution is -0.150. The van der Waals surface area contributed by atoms with E-state index in [2.05, 4.69) is 0 Å². The largest absolute Gasteiger partial charge is 0.481 e. The molecule has 0 unspecified atom stereocenters. The van der Waals surface area contributed by atoms with E-state index in [1.807, 2.05) is 6.92 Å². The van der Waals surface area contributed by atoms with Crippen molar-refractivity contribution in [1.29, 1.82) is 0 Å². The lowest BCUT2D eigenvalue weighted by Gasteiger charge is -2.38. The van der Waals surface area contributed by atoms with E-state index in [0.29, 0.717) is 32.7 Å². The summed E-state index contributed by atoms with van der Waals surface area (Å²) in [5.41, 5.74) is -0.296. The van der Waals surface area contributed by atoms with Crippen LogP contribution in [0.3, 0.4) is 0 Å². The average molecular weight is 297 g/mol. The van der Waals surface area contributed by atoms with E-state index in [-0.39, 0.29) is 11.3 Å². The highest BCUT2D eigenvalue weighted by Gasteiger charge is 2.44. The van der Waals surface area contributed by atoms with Gasteiger partial charge in [0.05, 0.1) is 11.3 Å². The summed E-state index contributed by atoms with van der Waals surface area (Å²) < 4.78 is 5.45. The second-order valence-electron chi connectivity index (χ2n) is 6.36. The van der Waals surface area contributed by atoms with Crippen LogP contribution in [0.2, 0.25) is 0 Å². The molecular weight excluding hydrogens is 270 g/mol. The molecule has 0 bridgehead atoms. The van der Waals surface area contributed by atoms with E-state index in [0.717, 1.165) is 38.5 Å². The summed E-state index contributed by atoms with van der Waals surface area (Å²) in [7, 11) is 0. The number of carbonyl (C=O) groups excluding carboxylic acids is 1. The van der Waals surface area contributed by atoms with Crippen molar-refractivity contribution in [3.63, 3.8) is 0 Å². The Hall–Kier alpha value is -1.10. The molecule has 1 aliphatic carbocycles. The van der Waals surface area contributed by atoms with Crippen molar-refractivity contribution in [1.82, 2.24) is 4.90 Å². The van der Waals surface area contributed by atoms with E-state index >= 15 is 0 Å². The minimum atomic E-state index is -0.776. The fourth-order valence-corrected chi connectivity index (χ4v) is 3.73. The molecule has 1 aliphatic heterocycles. The van der Waals surface area contributed by atoms with Gasteiger partial charge in [-0.2, -0.15) is 0 Å². The Labute approximate surface area is 126 Å². The maximum absolute atomic E-state index is 13.0. The van der Waals surface area contributed by atoms with Gasteiger partial charge in [-0.05, 0) is 39.0 Å². The lowest BCUT2D eigenvalue weighted by Crippen LogP contribution is -2.49. The molecule has 0 radical (unpaired) electrons. The molecule has 0 aromatic heterocycles. The van der Waals surface area contributed by atoms with Gasteiger partial charge in [0.25, 0.3) is 0 Å². The number of carboxylic acid groups (broad SMARTS) is 1. The van der Waals surface area contributed by atoms with Crippen LogP contribution in [0.4, 0.5) is 0 Å². The molecule has 21 heavy (non-hydrogen) atoms. The molecular formula is C16H27NO4. The van der Waals surface area contributed by atoms with E-state index in [1.54, 1.807) is 4.90 Å². The Bertz CT molecular complexity index is 376. The summed E-state index contributed by atoms with van der Waals surface area (Å²) in [5, 5.41) is 9.18. The van der Waals surface area contributed by atoms with E-state index < -0.39 is 11.9 Å². The highest BCUT2D eigenvalue weighted by Crippen LogP contribution is 2.43. The smallest absolute Gasteiger partial charge is 0.308 e. The van der Waals surface area contributed by atoms with Gasteiger partial charge in [-0.15, -0.1) is 0 Å². The van der Waals surface area contributed by atoms with E-state index in [4.69, 9.17) is 4.74 Å². The first-order valence-corrected chi connectivity index (χ1v) is 8.19. The standard InChI is InChI=1S/C16H27NO4/c1-2-21-11-9-16(7-3-4-8-16)15(20)17-10-5-6-13(12-17)14(18)19/h13H,2-12H2,1H3,(H,18,19)/t13-/m1/s1. The Kier molecular flexibility index (Phi) is 5.62. The number of carbonyl (C=O) groups is 2. The van der Waals surface area contributed by atoms with Crippen LogP contribution in [0.1, 0.15) is 51.9 Å².